The predicted octanol–water partition coefficient (Wildman–Crippen LogP) is 2.71. The van der Waals surface area contributed by atoms with Gasteiger partial charge in [0.15, 0.2) is 0 Å². The van der Waals surface area contributed by atoms with Gasteiger partial charge in [-0.2, -0.15) is 8.75 Å². The van der Waals surface area contributed by atoms with Gasteiger partial charge in [-0.05, 0) is 19.3 Å². The molecule has 78 valence electrons. The first-order valence-electron chi connectivity index (χ1n) is 4.91. The maximum atomic E-state index is 9.65. The highest BCUT2D eigenvalue weighted by molar-refractivity contribution is 6.99. The van der Waals surface area contributed by atoms with Crippen LogP contribution in [0.1, 0.15) is 43.9 Å². The monoisotopic (exact) mass is 212 g/mol. The maximum absolute atomic E-state index is 9.65. The van der Waals surface area contributed by atoms with E-state index in [1.807, 2.05) is 6.08 Å². The van der Waals surface area contributed by atoms with E-state index in [0.29, 0.717) is 5.69 Å². The number of aliphatic hydroxyl groups excluding tert-OH is 1. The van der Waals surface area contributed by atoms with Crippen molar-refractivity contribution in [1.29, 1.82) is 0 Å². The lowest BCUT2D eigenvalue weighted by Gasteiger charge is -2.05. The minimum absolute atomic E-state index is 0.433. The van der Waals surface area contributed by atoms with E-state index in [4.69, 9.17) is 0 Å². The highest BCUT2D eigenvalue weighted by atomic mass is 32.1. The van der Waals surface area contributed by atoms with Crippen LogP contribution in [0.3, 0.4) is 0 Å². The Morgan fingerprint density at radius 2 is 2.36 bits per heavy atom. The molecule has 0 amide bonds. The highest BCUT2D eigenvalue weighted by Gasteiger charge is 2.09. The molecule has 1 atom stereocenters. The van der Waals surface area contributed by atoms with Crippen molar-refractivity contribution < 1.29 is 5.11 Å². The summed E-state index contributed by atoms with van der Waals surface area (Å²) in [4.78, 5) is 0. The van der Waals surface area contributed by atoms with Crippen LogP contribution in [0.5, 0.6) is 0 Å². The average Bonchev–Trinajstić information content (AvgIpc) is 2.70. The predicted molar refractivity (Wildman–Crippen MR) is 58.2 cm³/mol. The fourth-order valence-electron chi connectivity index (χ4n) is 1.27. The number of hydrogen-bond donors (Lipinski definition) is 1. The van der Waals surface area contributed by atoms with E-state index in [9.17, 15) is 5.11 Å². The van der Waals surface area contributed by atoms with Crippen LogP contribution in [0.2, 0.25) is 0 Å². The minimum atomic E-state index is -0.433. The molecule has 0 spiro atoms. The van der Waals surface area contributed by atoms with Gasteiger partial charge in [0.1, 0.15) is 5.69 Å². The van der Waals surface area contributed by atoms with Gasteiger partial charge in [0, 0.05) is 0 Å². The molecule has 0 aliphatic rings. The van der Waals surface area contributed by atoms with Crippen LogP contribution >= 0.6 is 11.7 Å². The Hall–Kier alpha value is -0.740. The lowest BCUT2D eigenvalue weighted by atomic mass is 10.1. The molecule has 0 aliphatic carbocycles. The third-order valence-electron chi connectivity index (χ3n) is 2.11. The molecule has 0 saturated heterocycles. The molecule has 0 aromatic carbocycles. The van der Waals surface area contributed by atoms with Gasteiger partial charge in [-0.15, -0.1) is 6.58 Å². The molecule has 0 aliphatic heterocycles. The first-order valence-corrected chi connectivity index (χ1v) is 5.64. The summed E-state index contributed by atoms with van der Waals surface area (Å²) in [6.45, 7) is 3.67. The molecule has 1 heterocycles. The zero-order valence-electron chi connectivity index (χ0n) is 8.22. The first-order chi connectivity index (χ1) is 6.84. The summed E-state index contributed by atoms with van der Waals surface area (Å²) in [7, 11) is 0. The van der Waals surface area contributed by atoms with Gasteiger partial charge in [0.05, 0.1) is 24.0 Å². The molecule has 0 fully saturated rings. The second-order valence-electron chi connectivity index (χ2n) is 3.27. The van der Waals surface area contributed by atoms with Gasteiger partial charge in [0.25, 0.3) is 0 Å². The molecule has 1 unspecified atom stereocenters. The van der Waals surface area contributed by atoms with E-state index < -0.39 is 6.10 Å². The minimum Gasteiger partial charge on any atom is -0.387 e. The number of nitrogens with zero attached hydrogens (tertiary/aromatic N) is 2. The van der Waals surface area contributed by atoms with E-state index in [1.165, 1.54) is 0 Å². The van der Waals surface area contributed by atoms with Crippen molar-refractivity contribution in [1.82, 2.24) is 8.75 Å². The standard InChI is InChI=1S/C10H16N2OS/c1-2-3-4-5-6-7-10(13)9-8-11-14-12-9/h2,8,10,13H,1,3-7H2. The molecule has 1 rings (SSSR count). The molecule has 0 saturated carbocycles. The van der Waals surface area contributed by atoms with Crippen LogP contribution in [0, 0.1) is 0 Å². The van der Waals surface area contributed by atoms with E-state index in [0.717, 1.165) is 43.8 Å². The van der Waals surface area contributed by atoms with Gasteiger partial charge < -0.3 is 5.11 Å². The summed E-state index contributed by atoms with van der Waals surface area (Å²) in [6, 6.07) is 0. The van der Waals surface area contributed by atoms with E-state index in [-0.39, 0.29) is 0 Å². The molecular weight excluding hydrogens is 196 g/mol. The summed E-state index contributed by atoms with van der Waals surface area (Å²) in [5.74, 6) is 0. The Bertz CT molecular complexity index is 249. The Morgan fingerprint density at radius 1 is 1.50 bits per heavy atom. The van der Waals surface area contributed by atoms with E-state index in [2.05, 4.69) is 15.3 Å². The Labute approximate surface area is 88.8 Å². The lowest BCUT2D eigenvalue weighted by Crippen LogP contribution is -1.97. The van der Waals surface area contributed by atoms with Gasteiger partial charge in [-0.25, -0.2) is 0 Å². The van der Waals surface area contributed by atoms with E-state index in [1.54, 1.807) is 6.20 Å². The number of hydrogen-bond acceptors (Lipinski definition) is 4. The zero-order valence-corrected chi connectivity index (χ0v) is 9.04. The van der Waals surface area contributed by atoms with Gasteiger partial charge >= 0.3 is 0 Å². The summed E-state index contributed by atoms with van der Waals surface area (Å²) in [5, 5.41) is 9.65. The van der Waals surface area contributed by atoms with Crippen LogP contribution in [0.4, 0.5) is 0 Å². The van der Waals surface area contributed by atoms with Crippen molar-refractivity contribution in [3.05, 3.63) is 24.5 Å². The average molecular weight is 212 g/mol. The van der Waals surface area contributed by atoms with Gasteiger partial charge in [-0.3, -0.25) is 0 Å². The van der Waals surface area contributed by atoms with Crippen LogP contribution in [-0.4, -0.2) is 13.9 Å². The molecule has 0 radical (unpaired) electrons. The maximum Gasteiger partial charge on any atom is 0.103 e. The Balaban J connectivity index is 2.10. The highest BCUT2D eigenvalue weighted by Crippen LogP contribution is 2.17. The van der Waals surface area contributed by atoms with E-state index >= 15 is 0 Å². The smallest absolute Gasteiger partial charge is 0.103 e. The number of aromatic nitrogens is 2. The van der Waals surface area contributed by atoms with Crippen LogP contribution < -0.4 is 0 Å². The van der Waals surface area contributed by atoms with Crippen molar-refractivity contribution >= 4 is 11.7 Å². The van der Waals surface area contributed by atoms with Crippen LogP contribution in [0.15, 0.2) is 18.9 Å². The molecule has 14 heavy (non-hydrogen) atoms. The molecule has 4 heteroatoms. The third kappa shape index (κ3) is 3.98. The summed E-state index contributed by atoms with van der Waals surface area (Å²) in [5.41, 5.74) is 0.707. The molecule has 0 bridgehead atoms. The zero-order chi connectivity index (χ0) is 10.2. The van der Waals surface area contributed by atoms with Crippen molar-refractivity contribution in [2.24, 2.45) is 0 Å². The van der Waals surface area contributed by atoms with Crippen molar-refractivity contribution in [2.75, 3.05) is 0 Å². The molecule has 1 aromatic heterocycles. The summed E-state index contributed by atoms with van der Waals surface area (Å²) >= 11 is 1.14. The van der Waals surface area contributed by atoms with Crippen LogP contribution in [-0.2, 0) is 0 Å². The molecule has 1 N–H and O–H groups in total. The third-order valence-corrected chi connectivity index (χ3v) is 2.60. The summed E-state index contributed by atoms with van der Waals surface area (Å²) in [6.07, 6.45) is 8.31. The normalized spacial score (nSPS) is 12.6. The first kappa shape index (κ1) is 11.3. The van der Waals surface area contributed by atoms with Gasteiger partial charge in [0.2, 0.25) is 0 Å². The number of allylic oxidation sites excluding steroid dienone is 1. The fourth-order valence-corrected chi connectivity index (χ4v) is 1.74. The SMILES string of the molecule is C=CCCCCCC(O)c1cnsn1. The molecular formula is C10H16N2OS. The molecule has 1 aromatic rings. The summed E-state index contributed by atoms with van der Waals surface area (Å²) < 4.78 is 7.85. The largest absolute Gasteiger partial charge is 0.387 e. The number of unbranched alkanes of at least 4 members (excludes halogenated alkanes) is 3. The Morgan fingerprint density at radius 3 is 3.00 bits per heavy atom. The quantitative estimate of drug-likeness (QED) is 0.558. The number of rotatable bonds is 7. The second-order valence-corrected chi connectivity index (χ2v) is 3.83. The fraction of sp³-hybridized carbons (Fsp3) is 0.600. The second kappa shape index (κ2) is 6.68. The van der Waals surface area contributed by atoms with Crippen molar-refractivity contribution in [2.45, 2.75) is 38.2 Å². The van der Waals surface area contributed by atoms with Crippen molar-refractivity contribution in [3.8, 4) is 0 Å². The lowest BCUT2D eigenvalue weighted by molar-refractivity contribution is 0.159. The van der Waals surface area contributed by atoms with Crippen LogP contribution in [0.25, 0.3) is 0 Å². The topological polar surface area (TPSA) is 46.0 Å². The molecule has 3 nitrogen and oxygen atoms in total. The number of aliphatic hydroxyl groups is 1. The Kier molecular flexibility index (Phi) is 5.40. The van der Waals surface area contributed by atoms with Crippen molar-refractivity contribution in [3.63, 3.8) is 0 Å². The van der Waals surface area contributed by atoms with Gasteiger partial charge in [-0.1, -0.05) is 18.9 Å².